The summed E-state index contributed by atoms with van der Waals surface area (Å²) in [5.41, 5.74) is 1.07. The molecule has 4 aromatic rings. The molecule has 8 heteroatoms. The van der Waals surface area contributed by atoms with Gasteiger partial charge in [0, 0.05) is 10.3 Å². The summed E-state index contributed by atoms with van der Waals surface area (Å²) in [5, 5.41) is 2.55. The fourth-order valence-corrected chi connectivity index (χ4v) is 6.04. The van der Waals surface area contributed by atoms with Crippen LogP contribution in [0.3, 0.4) is 0 Å². The molecule has 0 bridgehead atoms. The highest BCUT2D eigenvalue weighted by atomic mass is 35.5. The third-order valence-electron chi connectivity index (χ3n) is 4.23. The Balaban J connectivity index is 1.78. The van der Waals surface area contributed by atoms with Gasteiger partial charge in [0.05, 0.1) is 9.77 Å². The molecule has 0 aliphatic heterocycles. The first-order chi connectivity index (χ1) is 13.9. The van der Waals surface area contributed by atoms with Crippen molar-refractivity contribution >= 4 is 44.5 Å². The van der Waals surface area contributed by atoms with Gasteiger partial charge in [-0.15, -0.1) is 11.3 Å². The van der Waals surface area contributed by atoms with Crippen LogP contribution in [0.1, 0.15) is 17.7 Å². The van der Waals surface area contributed by atoms with Crippen LogP contribution >= 0.6 is 34.7 Å². The Kier molecular flexibility index (Phi) is 5.83. The summed E-state index contributed by atoms with van der Waals surface area (Å²) >= 11 is 8.70. The number of hydrogen-bond donors (Lipinski definition) is 0. The van der Waals surface area contributed by atoms with E-state index in [-0.39, 0.29) is 20.3 Å². The highest BCUT2D eigenvalue weighted by Crippen LogP contribution is 2.42. The number of thioether (sulfide) groups is 1. The SMILES string of the molecule is CC(Sc1oc(-c2cccs2)nc1S(=O)(=O)c1ccc(Cl)cc1)c1ccccc1. The quantitative estimate of drug-likeness (QED) is 0.297. The maximum Gasteiger partial charge on any atom is 0.238 e. The molecule has 0 fully saturated rings. The van der Waals surface area contributed by atoms with Gasteiger partial charge in [-0.05, 0) is 48.2 Å². The van der Waals surface area contributed by atoms with E-state index in [0.717, 1.165) is 10.4 Å². The third kappa shape index (κ3) is 4.28. The van der Waals surface area contributed by atoms with Crippen LogP contribution in [0.2, 0.25) is 5.02 Å². The molecule has 1 atom stereocenters. The average Bonchev–Trinajstić information content (AvgIpc) is 3.39. The van der Waals surface area contributed by atoms with Gasteiger partial charge < -0.3 is 4.42 Å². The molecule has 4 rings (SSSR count). The molecule has 2 aromatic carbocycles. The van der Waals surface area contributed by atoms with E-state index in [0.29, 0.717) is 10.9 Å². The number of sulfone groups is 1. The Labute approximate surface area is 182 Å². The van der Waals surface area contributed by atoms with Gasteiger partial charge in [-0.3, -0.25) is 0 Å². The molecule has 0 amide bonds. The lowest BCUT2D eigenvalue weighted by atomic mass is 10.2. The first-order valence-electron chi connectivity index (χ1n) is 8.72. The van der Waals surface area contributed by atoms with E-state index in [1.165, 1.54) is 35.2 Å². The Morgan fingerprint density at radius 3 is 2.41 bits per heavy atom. The molecule has 0 aliphatic carbocycles. The summed E-state index contributed by atoms with van der Waals surface area (Å²) in [6.07, 6.45) is 0. The minimum Gasteiger partial charge on any atom is -0.427 e. The zero-order valence-corrected chi connectivity index (χ0v) is 18.5. The van der Waals surface area contributed by atoms with Crippen LogP contribution in [0.5, 0.6) is 0 Å². The fraction of sp³-hybridized carbons (Fsp3) is 0.0952. The van der Waals surface area contributed by atoms with Crippen LogP contribution in [0.25, 0.3) is 10.8 Å². The molecule has 0 N–H and O–H groups in total. The Hall–Kier alpha value is -2.06. The number of hydrogen-bond acceptors (Lipinski definition) is 6. The van der Waals surface area contributed by atoms with Gasteiger partial charge >= 0.3 is 0 Å². The summed E-state index contributed by atoms with van der Waals surface area (Å²) in [4.78, 5) is 5.27. The van der Waals surface area contributed by atoms with E-state index in [4.69, 9.17) is 16.0 Å². The van der Waals surface area contributed by atoms with Gasteiger partial charge in [0.2, 0.25) is 25.8 Å². The topological polar surface area (TPSA) is 60.2 Å². The van der Waals surface area contributed by atoms with Gasteiger partial charge in [-0.1, -0.05) is 59.8 Å². The molecule has 29 heavy (non-hydrogen) atoms. The van der Waals surface area contributed by atoms with Gasteiger partial charge in [0.1, 0.15) is 0 Å². The van der Waals surface area contributed by atoms with E-state index < -0.39 is 9.84 Å². The van der Waals surface area contributed by atoms with Gasteiger partial charge in [0.15, 0.2) is 0 Å². The number of rotatable bonds is 6. The summed E-state index contributed by atoms with van der Waals surface area (Å²) < 4.78 is 32.5. The van der Waals surface area contributed by atoms with Crippen molar-refractivity contribution in [3.63, 3.8) is 0 Å². The average molecular weight is 462 g/mol. The van der Waals surface area contributed by atoms with Crippen molar-refractivity contribution in [1.29, 1.82) is 0 Å². The molecular formula is C21H16ClNO3S3. The molecule has 0 radical (unpaired) electrons. The second-order valence-electron chi connectivity index (χ2n) is 6.22. The maximum atomic E-state index is 13.3. The Morgan fingerprint density at radius 1 is 1.03 bits per heavy atom. The van der Waals surface area contributed by atoms with Crippen molar-refractivity contribution in [2.24, 2.45) is 0 Å². The molecule has 2 aromatic heterocycles. The predicted molar refractivity (Wildman–Crippen MR) is 117 cm³/mol. The lowest BCUT2D eigenvalue weighted by molar-refractivity contribution is 0.470. The highest BCUT2D eigenvalue weighted by Gasteiger charge is 2.30. The normalized spacial score (nSPS) is 12.8. The van der Waals surface area contributed by atoms with Crippen LogP contribution in [-0.2, 0) is 9.84 Å². The highest BCUT2D eigenvalue weighted by molar-refractivity contribution is 8.00. The van der Waals surface area contributed by atoms with Crippen molar-refractivity contribution in [3.05, 3.63) is 82.7 Å². The van der Waals surface area contributed by atoms with Crippen molar-refractivity contribution in [2.45, 2.75) is 27.2 Å². The molecule has 0 aliphatic rings. The first-order valence-corrected chi connectivity index (χ1v) is 12.3. The van der Waals surface area contributed by atoms with Crippen molar-refractivity contribution < 1.29 is 12.8 Å². The molecule has 1 unspecified atom stereocenters. The Morgan fingerprint density at radius 2 is 1.76 bits per heavy atom. The largest absolute Gasteiger partial charge is 0.427 e. The second-order valence-corrected chi connectivity index (χ2v) is 10.8. The van der Waals surface area contributed by atoms with E-state index in [1.807, 2.05) is 54.8 Å². The van der Waals surface area contributed by atoms with Gasteiger partial charge in [-0.2, -0.15) is 4.98 Å². The number of benzene rings is 2. The van der Waals surface area contributed by atoms with Crippen molar-refractivity contribution in [2.75, 3.05) is 0 Å². The number of halogens is 1. The monoisotopic (exact) mass is 461 g/mol. The fourth-order valence-electron chi connectivity index (χ4n) is 2.72. The second kappa shape index (κ2) is 8.36. The third-order valence-corrected chi connectivity index (χ3v) is 8.26. The molecule has 0 spiro atoms. The molecule has 0 saturated carbocycles. The van der Waals surface area contributed by atoms with Crippen LogP contribution in [0, 0.1) is 0 Å². The summed E-state index contributed by atoms with van der Waals surface area (Å²) in [6, 6.07) is 19.6. The van der Waals surface area contributed by atoms with Crippen LogP contribution in [0.4, 0.5) is 0 Å². The van der Waals surface area contributed by atoms with Gasteiger partial charge in [-0.25, -0.2) is 8.42 Å². The lowest BCUT2D eigenvalue weighted by Gasteiger charge is -2.10. The molecule has 0 saturated heterocycles. The van der Waals surface area contributed by atoms with Crippen molar-refractivity contribution in [3.8, 4) is 10.8 Å². The molecular weight excluding hydrogens is 446 g/mol. The number of thiophene rings is 1. The van der Waals surface area contributed by atoms with E-state index in [1.54, 1.807) is 12.1 Å². The smallest absolute Gasteiger partial charge is 0.238 e. The van der Waals surface area contributed by atoms with E-state index >= 15 is 0 Å². The lowest BCUT2D eigenvalue weighted by Crippen LogP contribution is -2.04. The number of nitrogens with zero attached hydrogens (tertiary/aromatic N) is 1. The minimum absolute atomic E-state index is 0.0143. The zero-order chi connectivity index (χ0) is 20.4. The summed E-state index contributed by atoms with van der Waals surface area (Å²) in [5.74, 6) is 0.301. The van der Waals surface area contributed by atoms with Gasteiger partial charge in [0.25, 0.3) is 0 Å². The first kappa shape index (κ1) is 20.2. The Bertz CT molecular complexity index is 1200. The van der Waals surface area contributed by atoms with Crippen molar-refractivity contribution in [1.82, 2.24) is 4.98 Å². The standard InChI is InChI=1S/C21H16ClNO3S3/c1-14(15-6-3-2-4-7-15)28-21-20(23-19(26-21)18-8-5-13-27-18)29(24,25)17-11-9-16(22)10-12-17/h2-14H,1H3. The van der Waals surface area contributed by atoms with Crippen LogP contribution in [-0.4, -0.2) is 13.4 Å². The molecule has 148 valence electrons. The number of oxazole rings is 1. The molecule has 2 heterocycles. The number of aromatic nitrogens is 1. The summed E-state index contributed by atoms with van der Waals surface area (Å²) in [6.45, 7) is 2.01. The van der Waals surface area contributed by atoms with E-state index in [2.05, 4.69) is 4.98 Å². The zero-order valence-electron chi connectivity index (χ0n) is 15.3. The van der Waals surface area contributed by atoms with Crippen LogP contribution in [0.15, 0.2) is 91.5 Å². The molecule has 4 nitrogen and oxygen atoms in total. The van der Waals surface area contributed by atoms with Crippen LogP contribution < -0.4 is 0 Å². The maximum absolute atomic E-state index is 13.3. The summed E-state index contributed by atoms with van der Waals surface area (Å²) in [7, 11) is -3.86. The minimum atomic E-state index is -3.86. The predicted octanol–water partition coefficient (Wildman–Crippen LogP) is 6.74. The van der Waals surface area contributed by atoms with E-state index in [9.17, 15) is 8.42 Å².